The molecule has 0 aromatic carbocycles. The van der Waals surface area contributed by atoms with Crippen molar-refractivity contribution < 1.29 is 9.53 Å². The molecule has 2 saturated heterocycles. The van der Waals surface area contributed by atoms with Crippen molar-refractivity contribution in [1.82, 2.24) is 9.80 Å². The van der Waals surface area contributed by atoms with Crippen LogP contribution in [0.25, 0.3) is 0 Å². The summed E-state index contributed by atoms with van der Waals surface area (Å²) < 4.78 is 5.52. The van der Waals surface area contributed by atoms with Crippen molar-refractivity contribution in [2.75, 3.05) is 19.6 Å². The zero-order valence-electron chi connectivity index (χ0n) is 12.4. The van der Waals surface area contributed by atoms with Gasteiger partial charge in [0.2, 0.25) is 0 Å². The molecule has 0 spiro atoms. The fourth-order valence-corrected chi connectivity index (χ4v) is 3.26. The van der Waals surface area contributed by atoms with E-state index in [-0.39, 0.29) is 11.5 Å². The maximum Gasteiger partial charge on any atom is 0.410 e. The maximum atomic E-state index is 12.3. The zero-order valence-corrected chi connectivity index (χ0v) is 13.3. The number of rotatable bonds is 1. The van der Waals surface area contributed by atoms with Gasteiger partial charge in [-0.1, -0.05) is 0 Å². The minimum atomic E-state index is -0.416. The van der Waals surface area contributed by atoms with Gasteiger partial charge in [-0.25, -0.2) is 4.79 Å². The normalized spacial score (nSPS) is 30.1. The number of likely N-dealkylation sites (tertiary alicyclic amines) is 2. The van der Waals surface area contributed by atoms with Gasteiger partial charge in [-0.3, -0.25) is 4.90 Å². The van der Waals surface area contributed by atoms with Crippen LogP contribution in [0.1, 0.15) is 40.5 Å². The van der Waals surface area contributed by atoms with Crippen LogP contribution in [-0.4, -0.2) is 52.5 Å². The van der Waals surface area contributed by atoms with Crippen molar-refractivity contribution in [3.63, 3.8) is 0 Å². The second kappa shape index (κ2) is 5.52. The molecule has 0 aliphatic carbocycles. The van der Waals surface area contributed by atoms with Gasteiger partial charge in [0.1, 0.15) is 5.60 Å². The number of fused-ring (bicyclic) bond motifs is 1. The molecule has 2 fully saturated rings. The molecule has 19 heavy (non-hydrogen) atoms. The third kappa shape index (κ3) is 3.57. The molecule has 0 bridgehead atoms. The van der Waals surface area contributed by atoms with Gasteiger partial charge >= 0.3 is 6.09 Å². The average Bonchev–Trinajstić information content (AvgIpc) is 2.68. The molecule has 4 nitrogen and oxygen atoms in total. The van der Waals surface area contributed by atoms with Gasteiger partial charge in [-0.05, 0) is 53.0 Å². The molecule has 0 aromatic heterocycles. The number of nitrogens with zero attached hydrogens (tertiary/aromatic N) is 2. The number of ether oxygens (including phenoxy) is 1. The maximum absolute atomic E-state index is 12.3. The second-order valence-corrected chi connectivity index (χ2v) is 7.45. The molecule has 3 unspecified atom stereocenters. The van der Waals surface area contributed by atoms with Gasteiger partial charge in [0.05, 0.1) is 6.04 Å². The van der Waals surface area contributed by atoms with Gasteiger partial charge in [0.25, 0.3) is 0 Å². The minimum Gasteiger partial charge on any atom is -0.444 e. The standard InChI is InChI=1S/C14H26N2O2S/c1-10(19)15-7-5-11-6-8-16(12(11)9-15)13(17)18-14(2,3)4/h10-12,19H,5-9H2,1-4H3. The van der Waals surface area contributed by atoms with Gasteiger partial charge in [-0.15, -0.1) is 0 Å². The molecule has 2 aliphatic rings. The Balaban J connectivity index is 2.01. The van der Waals surface area contributed by atoms with Crippen LogP contribution in [0.2, 0.25) is 0 Å². The molecule has 2 rings (SSSR count). The van der Waals surface area contributed by atoms with Crippen LogP contribution >= 0.6 is 12.6 Å². The number of thiol groups is 1. The van der Waals surface area contributed by atoms with Crippen LogP contribution in [0, 0.1) is 5.92 Å². The SMILES string of the molecule is CC(S)N1CCC2CCN(C(=O)OC(C)(C)C)C2C1. The first-order valence-electron chi connectivity index (χ1n) is 7.19. The van der Waals surface area contributed by atoms with Gasteiger partial charge in [-0.2, -0.15) is 12.6 Å². The van der Waals surface area contributed by atoms with E-state index >= 15 is 0 Å². The monoisotopic (exact) mass is 286 g/mol. The summed E-state index contributed by atoms with van der Waals surface area (Å²) in [4.78, 5) is 16.5. The number of amides is 1. The van der Waals surface area contributed by atoms with Crippen LogP contribution in [0.4, 0.5) is 4.79 Å². The Morgan fingerprint density at radius 3 is 2.53 bits per heavy atom. The number of hydrogen-bond acceptors (Lipinski definition) is 4. The molecular formula is C14H26N2O2S. The molecule has 3 atom stereocenters. The lowest BCUT2D eigenvalue weighted by atomic mass is 9.92. The number of hydrogen-bond donors (Lipinski definition) is 1. The molecule has 2 heterocycles. The van der Waals surface area contributed by atoms with Crippen molar-refractivity contribution >= 4 is 18.7 Å². The zero-order chi connectivity index (χ0) is 14.2. The Hall–Kier alpha value is -0.420. The minimum absolute atomic E-state index is 0.159. The van der Waals surface area contributed by atoms with E-state index in [2.05, 4.69) is 24.5 Å². The van der Waals surface area contributed by atoms with Crippen LogP contribution in [0.15, 0.2) is 0 Å². The summed E-state index contributed by atoms with van der Waals surface area (Å²) in [6.07, 6.45) is 2.11. The smallest absolute Gasteiger partial charge is 0.410 e. The van der Waals surface area contributed by atoms with Crippen LogP contribution in [0.5, 0.6) is 0 Å². The summed E-state index contributed by atoms with van der Waals surface area (Å²) in [6, 6.07) is 0.304. The van der Waals surface area contributed by atoms with Crippen molar-refractivity contribution in [2.45, 2.75) is 57.6 Å². The Kier molecular flexibility index (Phi) is 4.35. The van der Waals surface area contributed by atoms with Crippen LogP contribution in [-0.2, 0) is 4.74 Å². The lowest BCUT2D eigenvalue weighted by Gasteiger charge is -2.40. The molecule has 1 amide bonds. The van der Waals surface area contributed by atoms with E-state index in [1.807, 2.05) is 25.7 Å². The van der Waals surface area contributed by atoms with E-state index in [0.717, 1.165) is 32.5 Å². The Morgan fingerprint density at radius 1 is 1.32 bits per heavy atom. The van der Waals surface area contributed by atoms with E-state index in [9.17, 15) is 4.79 Å². The predicted molar refractivity (Wildman–Crippen MR) is 79.5 cm³/mol. The van der Waals surface area contributed by atoms with E-state index in [1.165, 1.54) is 0 Å². The third-order valence-electron chi connectivity index (χ3n) is 4.05. The molecule has 0 radical (unpaired) electrons. The van der Waals surface area contributed by atoms with Crippen molar-refractivity contribution in [3.8, 4) is 0 Å². The number of carbonyl (C=O) groups is 1. The molecular weight excluding hydrogens is 260 g/mol. The van der Waals surface area contributed by atoms with Gasteiger partial charge < -0.3 is 9.64 Å². The molecule has 0 N–H and O–H groups in total. The first kappa shape index (κ1) is 15.0. The lowest BCUT2D eigenvalue weighted by molar-refractivity contribution is 0.0121. The predicted octanol–water partition coefficient (Wildman–Crippen LogP) is 2.59. The Labute approximate surface area is 121 Å². The number of piperidine rings is 1. The summed E-state index contributed by atoms with van der Waals surface area (Å²) in [5, 5.41) is 0.252. The fraction of sp³-hybridized carbons (Fsp3) is 0.929. The molecule has 2 aliphatic heterocycles. The molecule has 110 valence electrons. The van der Waals surface area contributed by atoms with Gasteiger partial charge in [0, 0.05) is 18.5 Å². The van der Waals surface area contributed by atoms with Crippen LogP contribution < -0.4 is 0 Å². The molecule has 0 aromatic rings. The highest BCUT2D eigenvalue weighted by atomic mass is 32.1. The second-order valence-electron chi connectivity index (χ2n) is 6.71. The van der Waals surface area contributed by atoms with Crippen molar-refractivity contribution in [2.24, 2.45) is 5.92 Å². The first-order valence-corrected chi connectivity index (χ1v) is 7.71. The summed E-state index contributed by atoms with van der Waals surface area (Å²) in [7, 11) is 0. The summed E-state index contributed by atoms with van der Waals surface area (Å²) >= 11 is 4.51. The molecule has 5 heteroatoms. The van der Waals surface area contributed by atoms with Crippen molar-refractivity contribution in [1.29, 1.82) is 0 Å². The lowest BCUT2D eigenvalue weighted by Crippen LogP contribution is -2.52. The summed E-state index contributed by atoms with van der Waals surface area (Å²) in [5.41, 5.74) is -0.416. The quantitative estimate of drug-likeness (QED) is 0.752. The van der Waals surface area contributed by atoms with E-state index in [1.54, 1.807) is 0 Å². The highest BCUT2D eigenvalue weighted by Gasteiger charge is 2.42. The topological polar surface area (TPSA) is 32.8 Å². The number of carbonyl (C=O) groups excluding carboxylic acids is 1. The fourth-order valence-electron chi connectivity index (χ4n) is 3.05. The van der Waals surface area contributed by atoms with E-state index in [0.29, 0.717) is 12.0 Å². The summed E-state index contributed by atoms with van der Waals surface area (Å²) in [5.74, 6) is 0.635. The largest absolute Gasteiger partial charge is 0.444 e. The average molecular weight is 286 g/mol. The first-order chi connectivity index (χ1) is 8.78. The third-order valence-corrected chi connectivity index (χ3v) is 4.38. The van der Waals surface area contributed by atoms with Gasteiger partial charge in [0.15, 0.2) is 0 Å². The highest BCUT2D eigenvalue weighted by Crippen LogP contribution is 2.33. The summed E-state index contributed by atoms with van der Waals surface area (Å²) in [6.45, 7) is 10.7. The highest BCUT2D eigenvalue weighted by molar-refractivity contribution is 7.80. The Morgan fingerprint density at radius 2 is 1.95 bits per heavy atom. The van der Waals surface area contributed by atoms with Crippen molar-refractivity contribution in [3.05, 3.63) is 0 Å². The molecule has 0 saturated carbocycles. The van der Waals surface area contributed by atoms with E-state index in [4.69, 9.17) is 4.74 Å². The van der Waals surface area contributed by atoms with E-state index < -0.39 is 5.60 Å². The van der Waals surface area contributed by atoms with Crippen LogP contribution in [0.3, 0.4) is 0 Å². The Bertz CT molecular complexity index is 341.